The zero-order valence-corrected chi connectivity index (χ0v) is 20.8. The summed E-state index contributed by atoms with van der Waals surface area (Å²) in [4.78, 5) is 18.0. The Morgan fingerprint density at radius 1 is 1.03 bits per heavy atom. The normalized spacial score (nSPS) is 12.1. The number of methoxy groups -OCH3 is 1. The van der Waals surface area contributed by atoms with Gasteiger partial charge in [0, 0.05) is 19.2 Å². The average molecular weight is 496 g/mol. The van der Waals surface area contributed by atoms with Gasteiger partial charge in [-0.05, 0) is 55.0 Å². The predicted octanol–water partition coefficient (Wildman–Crippen LogP) is 4.69. The minimum absolute atomic E-state index is 0.100. The molecule has 0 N–H and O–H groups in total. The predicted molar refractivity (Wildman–Crippen MR) is 135 cm³/mol. The van der Waals surface area contributed by atoms with Gasteiger partial charge in [0.25, 0.3) is 15.9 Å². The van der Waals surface area contributed by atoms with Gasteiger partial charge in [0.05, 0.1) is 22.4 Å². The van der Waals surface area contributed by atoms with Crippen molar-refractivity contribution in [3.8, 4) is 5.75 Å². The summed E-state index contributed by atoms with van der Waals surface area (Å²) in [5, 5.41) is 0. The lowest BCUT2D eigenvalue weighted by molar-refractivity contribution is 0.0997. The number of carbonyl (C=O) groups is 1. The number of fused-ring (bicyclic) bond motifs is 1. The second kappa shape index (κ2) is 9.82. The SMILES string of the molecule is CCCn1c(=NC(=O)c2ccc(S(=O)(=O)N(C)c3ccccc3)cc2)sc2cccc(OC)c21. The Morgan fingerprint density at radius 3 is 2.38 bits per heavy atom. The third-order valence-electron chi connectivity index (χ3n) is 5.41. The molecule has 0 unspecified atom stereocenters. The van der Waals surface area contributed by atoms with Crippen LogP contribution in [0.5, 0.6) is 5.75 Å². The summed E-state index contributed by atoms with van der Waals surface area (Å²) in [7, 11) is -0.635. The Morgan fingerprint density at radius 2 is 1.74 bits per heavy atom. The highest BCUT2D eigenvalue weighted by atomic mass is 32.2. The first kappa shape index (κ1) is 23.7. The van der Waals surface area contributed by atoms with Crippen LogP contribution in [-0.2, 0) is 16.6 Å². The van der Waals surface area contributed by atoms with Crippen molar-refractivity contribution in [2.45, 2.75) is 24.8 Å². The summed E-state index contributed by atoms with van der Waals surface area (Å²) in [6.45, 7) is 2.75. The van der Waals surface area contributed by atoms with E-state index in [1.54, 1.807) is 31.4 Å². The van der Waals surface area contributed by atoms with E-state index in [1.807, 2.05) is 28.8 Å². The number of aromatic nitrogens is 1. The molecule has 0 aliphatic carbocycles. The lowest BCUT2D eigenvalue weighted by Crippen LogP contribution is -2.26. The van der Waals surface area contributed by atoms with Crippen LogP contribution in [-0.4, -0.2) is 33.0 Å². The Labute approximate surface area is 202 Å². The molecule has 0 fully saturated rings. The van der Waals surface area contributed by atoms with Gasteiger partial charge in [-0.1, -0.05) is 42.5 Å². The van der Waals surface area contributed by atoms with Gasteiger partial charge in [-0.2, -0.15) is 4.99 Å². The number of hydrogen-bond acceptors (Lipinski definition) is 5. The molecule has 3 aromatic carbocycles. The number of aryl methyl sites for hydroxylation is 1. The molecule has 0 saturated carbocycles. The van der Waals surface area contributed by atoms with Crippen LogP contribution in [0.25, 0.3) is 10.2 Å². The topological polar surface area (TPSA) is 81.0 Å². The monoisotopic (exact) mass is 495 g/mol. The van der Waals surface area contributed by atoms with Gasteiger partial charge in [-0.25, -0.2) is 8.42 Å². The van der Waals surface area contributed by atoms with Gasteiger partial charge in [-0.15, -0.1) is 0 Å². The van der Waals surface area contributed by atoms with Crippen LogP contribution in [0, 0.1) is 0 Å². The van der Waals surface area contributed by atoms with Crippen molar-refractivity contribution in [3.63, 3.8) is 0 Å². The molecule has 7 nitrogen and oxygen atoms in total. The molecule has 0 saturated heterocycles. The number of ether oxygens (including phenoxy) is 1. The number of anilines is 1. The van der Waals surface area contributed by atoms with E-state index in [4.69, 9.17) is 4.74 Å². The summed E-state index contributed by atoms with van der Waals surface area (Å²) in [6, 6.07) is 20.5. The molecule has 34 heavy (non-hydrogen) atoms. The summed E-state index contributed by atoms with van der Waals surface area (Å²) in [5.41, 5.74) is 1.78. The van der Waals surface area contributed by atoms with Crippen LogP contribution in [0.4, 0.5) is 5.69 Å². The number of amides is 1. The zero-order valence-electron chi connectivity index (χ0n) is 19.1. The molecular weight excluding hydrogens is 470 g/mol. The molecule has 9 heteroatoms. The smallest absolute Gasteiger partial charge is 0.279 e. The van der Waals surface area contributed by atoms with Crippen molar-refractivity contribution in [2.24, 2.45) is 4.99 Å². The highest BCUT2D eigenvalue weighted by Gasteiger charge is 2.21. The molecule has 0 radical (unpaired) electrons. The molecule has 0 atom stereocenters. The summed E-state index contributed by atoms with van der Waals surface area (Å²) >= 11 is 1.42. The van der Waals surface area contributed by atoms with Gasteiger partial charge in [-0.3, -0.25) is 9.10 Å². The highest BCUT2D eigenvalue weighted by Crippen LogP contribution is 2.27. The standard InChI is InChI=1S/C25H25N3O4S2/c1-4-17-28-23-21(32-3)11-8-12-22(23)33-25(28)26-24(29)18-13-15-20(16-14-18)34(30,31)27(2)19-9-6-5-7-10-19/h5-16H,4,17H2,1-3H3. The Bertz CT molecular complexity index is 1490. The molecule has 0 bridgehead atoms. The third-order valence-corrected chi connectivity index (χ3v) is 8.25. The molecule has 1 aromatic heterocycles. The number of carbonyl (C=O) groups excluding carboxylic acids is 1. The second-order valence-electron chi connectivity index (χ2n) is 7.59. The first-order valence-corrected chi connectivity index (χ1v) is 13.0. The molecule has 1 heterocycles. The molecule has 176 valence electrons. The number of benzene rings is 3. The molecule has 4 aromatic rings. The van der Waals surface area contributed by atoms with Crippen molar-refractivity contribution in [1.29, 1.82) is 0 Å². The number of rotatable bonds is 7. The molecule has 0 aliphatic heterocycles. The van der Waals surface area contributed by atoms with Crippen LogP contribution >= 0.6 is 11.3 Å². The van der Waals surface area contributed by atoms with Crippen molar-refractivity contribution < 1.29 is 17.9 Å². The fourth-order valence-electron chi connectivity index (χ4n) is 3.63. The molecule has 1 amide bonds. The van der Waals surface area contributed by atoms with Crippen LogP contribution in [0.3, 0.4) is 0 Å². The minimum atomic E-state index is -3.76. The maximum Gasteiger partial charge on any atom is 0.279 e. The Kier molecular flexibility index (Phi) is 6.85. The van der Waals surface area contributed by atoms with Crippen LogP contribution in [0.2, 0.25) is 0 Å². The van der Waals surface area contributed by atoms with Gasteiger partial charge >= 0.3 is 0 Å². The van der Waals surface area contributed by atoms with Crippen LogP contribution < -0.4 is 13.8 Å². The summed E-state index contributed by atoms with van der Waals surface area (Å²) in [5.74, 6) is 0.295. The highest BCUT2D eigenvalue weighted by molar-refractivity contribution is 7.92. The van der Waals surface area contributed by atoms with E-state index in [9.17, 15) is 13.2 Å². The van der Waals surface area contributed by atoms with Crippen molar-refractivity contribution in [2.75, 3.05) is 18.5 Å². The Balaban J connectivity index is 1.68. The fraction of sp³-hybridized carbons (Fsp3) is 0.200. The molecular formula is C25H25N3O4S2. The fourth-order valence-corrected chi connectivity index (χ4v) is 5.90. The largest absolute Gasteiger partial charge is 0.495 e. The first-order chi connectivity index (χ1) is 16.4. The number of nitrogens with zero attached hydrogens (tertiary/aromatic N) is 3. The van der Waals surface area contributed by atoms with Crippen LogP contribution in [0.1, 0.15) is 23.7 Å². The lowest BCUT2D eigenvalue weighted by Gasteiger charge is -2.19. The van der Waals surface area contributed by atoms with E-state index in [-0.39, 0.29) is 4.90 Å². The first-order valence-electron chi connectivity index (χ1n) is 10.8. The summed E-state index contributed by atoms with van der Waals surface area (Å²) in [6.07, 6.45) is 0.868. The van der Waals surface area contributed by atoms with Crippen molar-refractivity contribution in [3.05, 3.63) is 83.2 Å². The maximum atomic E-state index is 13.0. The summed E-state index contributed by atoms with van der Waals surface area (Å²) < 4.78 is 35.7. The van der Waals surface area contributed by atoms with E-state index in [0.717, 1.165) is 22.4 Å². The van der Waals surface area contributed by atoms with Gasteiger partial charge < -0.3 is 9.30 Å². The third kappa shape index (κ3) is 4.49. The van der Waals surface area contributed by atoms with Crippen LogP contribution in [0.15, 0.2) is 82.7 Å². The second-order valence-corrected chi connectivity index (χ2v) is 10.6. The van der Waals surface area contributed by atoms with E-state index < -0.39 is 15.9 Å². The molecule has 0 aliphatic rings. The van der Waals surface area contributed by atoms with Gasteiger partial charge in [0.15, 0.2) is 4.80 Å². The molecule has 4 rings (SSSR count). The number of thiazole rings is 1. The number of hydrogen-bond donors (Lipinski definition) is 0. The molecule has 0 spiro atoms. The minimum Gasteiger partial charge on any atom is -0.495 e. The van der Waals surface area contributed by atoms with Crippen molar-refractivity contribution in [1.82, 2.24) is 4.57 Å². The average Bonchev–Trinajstić information content (AvgIpc) is 3.21. The van der Waals surface area contributed by atoms with E-state index in [0.29, 0.717) is 22.6 Å². The van der Waals surface area contributed by atoms with E-state index >= 15 is 0 Å². The lowest BCUT2D eigenvalue weighted by atomic mass is 10.2. The van der Waals surface area contributed by atoms with E-state index in [2.05, 4.69) is 11.9 Å². The maximum absolute atomic E-state index is 13.0. The number of para-hydroxylation sites is 2. The Hall–Kier alpha value is -3.43. The van der Waals surface area contributed by atoms with E-state index in [1.165, 1.54) is 47.0 Å². The van der Waals surface area contributed by atoms with Gasteiger partial charge in [0.2, 0.25) is 0 Å². The quantitative estimate of drug-likeness (QED) is 0.373. The number of sulfonamides is 1. The zero-order chi connectivity index (χ0) is 24.3. The van der Waals surface area contributed by atoms with Gasteiger partial charge in [0.1, 0.15) is 11.3 Å². The van der Waals surface area contributed by atoms with Crippen molar-refractivity contribution >= 4 is 43.2 Å².